The van der Waals surface area contributed by atoms with Gasteiger partial charge < -0.3 is 4.74 Å². The maximum atomic E-state index is 11.7. The molecule has 2 unspecified atom stereocenters. The van der Waals surface area contributed by atoms with Crippen LogP contribution >= 0.6 is 0 Å². The highest BCUT2D eigenvalue weighted by Gasteiger charge is 2.63. The predicted molar refractivity (Wildman–Crippen MR) is 54.2 cm³/mol. The SMILES string of the molecule is CC(C)(C)OC(=O)N1CC2(C)CC2C1=O. The molecule has 4 heteroatoms. The maximum absolute atomic E-state index is 11.7. The summed E-state index contributed by atoms with van der Waals surface area (Å²) in [5.41, 5.74) is -0.501. The summed E-state index contributed by atoms with van der Waals surface area (Å²) in [5, 5.41) is 0. The molecule has 0 spiro atoms. The van der Waals surface area contributed by atoms with Crippen molar-refractivity contribution in [1.29, 1.82) is 0 Å². The smallest absolute Gasteiger partial charge is 0.417 e. The van der Waals surface area contributed by atoms with E-state index in [-0.39, 0.29) is 17.2 Å². The lowest BCUT2D eigenvalue weighted by Gasteiger charge is -2.24. The quantitative estimate of drug-likeness (QED) is 0.613. The highest BCUT2D eigenvalue weighted by atomic mass is 16.6. The first-order chi connectivity index (χ1) is 6.73. The zero-order valence-electron chi connectivity index (χ0n) is 9.66. The largest absolute Gasteiger partial charge is 0.443 e. The number of carbonyl (C=O) groups excluding carboxylic acids is 2. The molecule has 2 fully saturated rings. The molecule has 84 valence electrons. The summed E-state index contributed by atoms with van der Waals surface area (Å²) in [6, 6.07) is 0. The second-order valence-electron chi connectivity index (χ2n) is 5.82. The lowest BCUT2D eigenvalue weighted by molar-refractivity contribution is -0.129. The minimum absolute atomic E-state index is 0.0357. The first kappa shape index (κ1) is 10.5. The van der Waals surface area contributed by atoms with Gasteiger partial charge in [0.2, 0.25) is 5.91 Å². The average Bonchev–Trinajstić information content (AvgIpc) is 2.63. The standard InChI is InChI=1S/C11H17NO3/c1-10(2,3)15-9(14)12-6-11(4)5-7(11)8(12)13/h7H,5-6H2,1-4H3. The Kier molecular flexibility index (Phi) is 1.91. The number of fused-ring (bicyclic) bond motifs is 1. The molecule has 0 aromatic carbocycles. The fraction of sp³-hybridized carbons (Fsp3) is 0.818. The van der Waals surface area contributed by atoms with Gasteiger partial charge in [0, 0.05) is 12.5 Å². The van der Waals surface area contributed by atoms with Crippen LogP contribution in [0.1, 0.15) is 34.1 Å². The number of hydrogen-bond donors (Lipinski definition) is 0. The van der Waals surface area contributed by atoms with Crippen molar-refractivity contribution in [3.8, 4) is 0 Å². The molecule has 0 radical (unpaired) electrons. The number of imide groups is 1. The maximum Gasteiger partial charge on any atom is 0.417 e. The van der Waals surface area contributed by atoms with Crippen molar-refractivity contribution in [2.45, 2.75) is 39.7 Å². The van der Waals surface area contributed by atoms with Crippen molar-refractivity contribution in [2.24, 2.45) is 11.3 Å². The molecule has 2 amide bonds. The van der Waals surface area contributed by atoms with Gasteiger partial charge in [-0.3, -0.25) is 4.79 Å². The van der Waals surface area contributed by atoms with E-state index in [9.17, 15) is 9.59 Å². The van der Waals surface area contributed by atoms with Gasteiger partial charge in [-0.15, -0.1) is 0 Å². The summed E-state index contributed by atoms with van der Waals surface area (Å²) >= 11 is 0. The van der Waals surface area contributed by atoms with E-state index in [2.05, 4.69) is 0 Å². The zero-order valence-corrected chi connectivity index (χ0v) is 9.66. The minimum Gasteiger partial charge on any atom is -0.443 e. The molecule has 0 N–H and O–H groups in total. The molecule has 1 saturated heterocycles. The Bertz CT molecular complexity index is 331. The summed E-state index contributed by atoms with van der Waals surface area (Å²) in [6.07, 6.45) is 0.423. The van der Waals surface area contributed by atoms with E-state index in [1.54, 1.807) is 20.8 Å². The van der Waals surface area contributed by atoms with E-state index in [1.165, 1.54) is 4.90 Å². The van der Waals surface area contributed by atoms with Gasteiger partial charge in [-0.1, -0.05) is 6.92 Å². The van der Waals surface area contributed by atoms with Crippen LogP contribution in [0.3, 0.4) is 0 Å². The van der Waals surface area contributed by atoms with Crippen LogP contribution < -0.4 is 0 Å². The number of amides is 2. The monoisotopic (exact) mass is 211 g/mol. The van der Waals surface area contributed by atoms with Crippen LogP contribution in [-0.4, -0.2) is 29.0 Å². The van der Waals surface area contributed by atoms with Gasteiger partial charge in [0.1, 0.15) is 5.60 Å². The number of rotatable bonds is 0. The number of piperidine rings is 1. The van der Waals surface area contributed by atoms with Gasteiger partial charge >= 0.3 is 6.09 Å². The van der Waals surface area contributed by atoms with E-state index < -0.39 is 11.7 Å². The third-order valence-electron chi connectivity index (χ3n) is 3.05. The Labute approximate surface area is 89.6 Å². The van der Waals surface area contributed by atoms with Crippen LogP contribution in [0.25, 0.3) is 0 Å². The van der Waals surface area contributed by atoms with Gasteiger partial charge in [0.05, 0.1) is 0 Å². The van der Waals surface area contributed by atoms with Gasteiger partial charge in [-0.25, -0.2) is 9.69 Å². The van der Waals surface area contributed by atoms with Crippen molar-refractivity contribution in [3.05, 3.63) is 0 Å². The van der Waals surface area contributed by atoms with Gasteiger partial charge in [0.25, 0.3) is 0 Å². The van der Waals surface area contributed by atoms with Crippen LogP contribution in [0.5, 0.6) is 0 Å². The minimum atomic E-state index is -0.537. The molecule has 0 aromatic rings. The van der Waals surface area contributed by atoms with E-state index in [1.807, 2.05) is 6.92 Å². The summed E-state index contributed by atoms with van der Waals surface area (Å²) in [7, 11) is 0. The highest BCUT2D eigenvalue weighted by Crippen LogP contribution is 2.58. The van der Waals surface area contributed by atoms with Crippen molar-refractivity contribution in [3.63, 3.8) is 0 Å². The molecular formula is C11H17NO3. The van der Waals surface area contributed by atoms with E-state index >= 15 is 0 Å². The molecule has 2 rings (SSSR count). The van der Waals surface area contributed by atoms with Crippen molar-refractivity contribution in [1.82, 2.24) is 4.90 Å². The summed E-state index contributed by atoms with van der Waals surface area (Å²) < 4.78 is 5.17. The lowest BCUT2D eigenvalue weighted by atomic mass is 10.1. The summed E-state index contributed by atoms with van der Waals surface area (Å²) in [5.74, 6) is -0.00299. The number of hydrogen-bond acceptors (Lipinski definition) is 3. The fourth-order valence-corrected chi connectivity index (χ4v) is 2.07. The van der Waals surface area contributed by atoms with E-state index in [0.717, 1.165) is 6.42 Å². The van der Waals surface area contributed by atoms with Crippen LogP contribution in [0.2, 0.25) is 0 Å². The molecule has 2 aliphatic rings. The number of carbonyl (C=O) groups is 2. The number of ether oxygens (including phenoxy) is 1. The highest BCUT2D eigenvalue weighted by molar-refractivity contribution is 5.98. The molecule has 1 aliphatic heterocycles. The molecule has 1 heterocycles. The second kappa shape index (κ2) is 2.74. The van der Waals surface area contributed by atoms with Crippen LogP contribution in [0.4, 0.5) is 4.79 Å². The molecule has 15 heavy (non-hydrogen) atoms. The van der Waals surface area contributed by atoms with Gasteiger partial charge in [-0.2, -0.15) is 0 Å². The topological polar surface area (TPSA) is 46.6 Å². The first-order valence-electron chi connectivity index (χ1n) is 5.27. The Morgan fingerprint density at radius 3 is 2.53 bits per heavy atom. The van der Waals surface area contributed by atoms with Gasteiger partial charge in [0.15, 0.2) is 0 Å². The summed E-state index contributed by atoms with van der Waals surface area (Å²) in [4.78, 5) is 24.6. The van der Waals surface area contributed by atoms with E-state index in [4.69, 9.17) is 4.74 Å². The van der Waals surface area contributed by atoms with Crippen molar-refractivity contribution in [2.75, 3.05) is 6.54 Å². The molecule has 0 aromatic heterocycles. The lowest BCUT2D eigenvalue weighted by Crippen LogP contribution is -2.39. The number of nitrogens with zero attached hydrogens (tertiary/aromatic N) is 1. The molecule has 1 saturated carbocycles. The number of likely N-dealkylation sites (tertiary alicyclic amines) is 1. The fourth-order valence-electron chi connectivity index (χ4n) is 2.07. The summed E-state index contributed by atoms with van der Waals surface area (Å²) in [6.45, 7) is 7.96. The Hall–Kier alpha value is -1.06. The predicted octanol–water partition coefficient (Wildman–Crippen LogP) is 1.79. The average molecular weight is 211 g/mol. The van der Waals surface area contributed by atoms with Crippen LogP contribution in [0.15, 0.2) is 0 Å². The van der Waals surface area contributed by atoms with Crippen LogP contribution in [0, 0.1) is 11.3 Å². The normalized spacial score (nSPS) is 34.0. The van der Waals surface area contributed by atoms with Crippen molar-refractivity contribution >= 4 is 12.0 Å². The Morgan fingerprint density at radius 2 is 2.13 bits per heavy atom. The van der Waals surface area contributed by atoms with Crippen molar-refractivity contribution < 1.29 is 14.3 Å². The molecule has 0 bridgehead atoms. The van der Waals surface area contributed by atoms with E-state index in [0.29, 0.717) is 6.54 Å². The van der Waals surface area contributed by atoms with Crippen LogP contribution in [-0.2, 0) is 9.53 Å². The second-order valence-corrected chi connectivity index (χ2v) is 5.82. The third-order valence-corrected chi connectivity index (χ3v) is 3.05. The third kappa shape index (κ3) is 1.73. The Morgan fingerprint density at radius 1 is 1.53 bits per heavy atom. The molecule has 1 aliphatic carbocycles. The van der Waals surface area contributed by atoms with Gasteiger partial charge in [-0.05, 0) is 32.6 Å². The molecule has 4 nitrogen and oxygen atoms in total. The zero-order chi connectivity index (χ0) is 11.4. The molecule has 2 atom stereocenters. The first-order valence-corrected chi connectivity index (χ1v) is 5.27. The Balaban J connectivity index is 2.02. The molecular weight excluding hydrogens is 194 g/mol.